The molecule has 1 aromatic carbocycles. The summed E-state index contributed by atoms with van der Waals surface area (Å²) < 4.78 is 1.56. The van der Waals surface area contributed by atoms with Crippen molar-refractivity contribution in [2.45, 2.75) is 57.1 Å². The molecule has 158 valence electrons. The summed E-state index contributed by atoms with van der Waals surface area (Å²) >= 11 is 0. The fourth-order valence-electron chi connectivity index (χ4n) is 6.44. The van der Waals surface area contributed by atoms with Crippen LogP contribution in [0.25, 0.3) is 0 Å². The fourth-order valence-corrected chi connectivity index (χ4v) is 6.44. The average Bonchev–Trinajstić information content (AvgIpc) is 3.14. The van der Waals surface area contributed by atoms with Crippen molar-refractivity contribution in [3.8, 4) is 0 Å². The Kier molecular flexibility index (Phi) is 4.58. The summed E-state index contributed by atoms with van der Waals surface area (Å²) in [4.78, 5) is 26.0. The average molecular weight is 408 g/mol. The van der Waals surface area contributed by atoms with Gasteiger partial charge in [-0.2, -0.15) is 5.10 Å². The predicted molar refractivity (Wildman–Crippen MR) is 112 cm³/mol. The van der Waals surface area contributed by atoms with Crippen LogP contribution in [-0.2, 0) is 13.5 Å². The number of aromatic nitrogens is 2. The minimum Gasteiger partial charge on any atom is -0.390 e. The molecule has 6 rings (SSSR count). The van der Waals surface area contributed by atoms with Crippen LogP contribution in [0.1, 0.15) is 71.0 Å². The second-order valence-corrected chi connectivity index (χ2v) is 9.59. The molecule has 6 nitrogen and oxygen atoms in total. The third-order valence-corrected chi connectivity index (χ3v) is 7.59. The van der Waals surface area contributed by atoms with Crippen molar-refractivity contribution in [1.82, 2.24) is 15.1 Å². The first kappa shape index (κ1) is 19.5. The third-order valence-electron chi connectivity index (χ3n) is 7.59. The van der Waals surface area contributed by atoms with Crippen molar-refractivity contribution in [3.63, 3.8) is 0 Å². The molecule has 4 bridgehead atoms. The summed E-state index contributed by atoms with van der Waals surface area (Å²) in [5.41, 5.74) is 2.12. The highest BCUT2D eigenvalue weighted by molar-refractivity contribution is 6.08. The maximum atomic E-state index is 13.2. The molecule has 2 aromatic rings. The van der Waals surface area contributed by atoms with Crippen molar-refractivity contribution in [2.24, 2.45) is 24.8 Å². The van der Waals surface area contributed by atoms with E-state index >= 15 is 0 Å². The Hall–Kier alpha value is -2.47. The zero-order valence-corrected chi connectivity index (χ0v) is 17.6. The SMILES string of the molecule is CCc1cc(C(=O)c2ccnn2C)ccc1C(=O)NC1C2CC3CC1CC(O)(C3)C2. The minimum atomic E-state index is -0.500. The smallest absolute Gasteiger partial charge is 0.251 e. The topological polar surface area (TPSA) is 84.2 Å². The predicted octanol–water partition coefficient (Wildman–Crippen LogP) is 2.88. The summed E-state index contributed by atoms with van der Waals surface area (Å²) in [5.74, 6) is 1.22. The molecule has 4 aliphatic rings. The molecule has 1 amide bonds. The number of rotatable bonds is 5. The quantitative estimate of drug-likeness (QED) is 0.747. The second kappa shape index (κ2) is 7.05. The lowest BCUT2D eigenvalue weighted by Gasteiger charge is -2.58. The highest BCUT2D eigenvalue weighted by Gasteiger charge is 2.55. The van der Waals surface area contributed by atoms with E-state index in [9.17, 15) is 14.7 Å². The van der Waals surface area contributed by atoms with Gasteiger partial charge in [-0.15, -0.1) is 0 Å². The van der Waals surface area contributed by atoms with Crippen LogP contribution in [0, 0.1) is 17.8 Å². The van der Waals surface area contributed by atoms with Crippen molar-refractivity contribution in [1.29, 1.82) is 0 Å². The van der Waals surface area contributed by atoms with E-state index in [1.54, 1.807) is 36.1 Å². The molecule has 4 saturated carbocycles. The molecule has 0 spiro atoms. The van der Waals surface area contributed by atoms with Crippen LogP contribution in [0.15, 0.2) is 30.5 Å². The summed E-state index contributed by atoms with van der Waals surface area (Å²) in [6, 6.07) is 7.21. The number of hydrogen-bond donors (Lipinski definition) is 2. The van der Waals surface area contributed by atoms with Gasteiger partial charge in [0.1, 0.15) is 5.69 Å². The summed E-state index contributed by atoms with van der Waals surface area (Å²) in [6.45, 7) is 2.00. The van der Waals surface area contributed by atoms with Crippen LogP contribution in [0.2, 0.25) is 0 Å². The fraction of sp³-hybridized carbons (Fsp3) is 0.542. The molecule has 1 aromatic heterocycles. The van der Waals surface area contributed by atoms with Gasteiger partial charge in [-0.3, -0.25) is 14.3 Å². The van der Waals surface area contributed by atoms with E-state index in [4.69, 9.17) is 0 Å². The van der Waals surface area contributed by atoms with E-state index in [1.165, 1.54) is 0 Å². The Morgan fingerprint density at radius 1 is 1.20 bits per heavy atom. The number of nitrogens with one attached hydrogen (secondary N) is 1. The lowest BCUT2D eigenvalue weighted by molar-refractivity contribution is -0.136. The molecular formula is C24H29N3O3. The van der Waals surface area contributed by atoms with Gasteiger partial charge in [-0.25, -0.2) is 0 Å². The zero-order chi connectivity index (χ0) is 21.0. The molecule has 0 radical (unpaired) electrons. The molecular weight excluding hydrogens is 378 g/mol. The van der Waals surface area contributed by atoms with Gasteiger partial charge >= 0.3 is 0 Å². The molecule has 0 aliphatic heterocycles. The van der Waals surface area contributed by atoms with Gasteiger partial charge in [-0.1, -0.05) is 13.0 Å². The minimum absolute atomic E-state index is 0.0594. The number of carbonyl (C=O) groups is 2. The molecule has 4 fully saturated rings. The monoisotopic (exact) mass is 407 g/mol. The van der Waals surface area contributed by atoms with Gasteiger partial charge in [0, 0.05) is 30.4 Å². The lowest BCUT2D eigenvalue weighted by atomic mass is 9.52. The van der Waals surface area contributed by atoms with E-state index in [-0.39, 0.29) is 17.7 Å². The van der Waals surface area contributed by atoms with Crippen molar-refractivity contribution >= 4 is 11.7 Å². The number of ketones is 1. The normalized spacial score (nSPS) is 31.7. The number of aryl methyl sites for hydroxylation is 2. The highest BCUT2D eigenvalue weighted by atomic mass is 16.3. The van der Waals surface area contributed by atoms with Gasteiger partial charge in [0.15, 0.2) is 0 Å². The van der Waals surface area contributed by atoms with E-state index in [2.05, 4.69) is 10.4 Å². The van der Waals surface area contributed by atoms with Gasteiger partial charge < -0.3 is 10.4 Å². The van der Waals surface area contributed by atoms with Crippen LogP contribution in [0.4, 0.5) is 0 Å². The van der Waals surface area contributed by atoms with E-state index in [0.717, 1.165) is 37.7 Å². The lowest BCUT2D eigenvalue weighted by Crippen LogP contribution is -2.61. The Balaban J connectivity index is 1.36. The molecule has 30 heavy (non-hydrogen) atoms. The second-order valence-electron chi connectivity index (χ2n) is 9.59. The molecule has 0 saturated heterocycles. The molecule has 2 N–H and O–H groups in total. The third kappa shape index (κ3) is 3.18. The van der Waals surface area contributed by atoms with Gasteiger partial charge in [0.2, 0.25) is 5.78 Å². The van der Waals surface area contributed by atoms with E-state index < -0.39 is 5.60 Å². The van der Waals surface area contributed by atoms with Crippen molar-refractivity contribution in [2.75, 3.05) is 0 Å². The molecule has 1 heterocycles. The first-order chi connectivity index (χ1) is 14.4. The molecule has 6 heteroatoms. The summed E-state index contributed by atoms with van der Waals surface area (Å²) in [7, 11) is 1.75. The summed E-state index contributed by atoms with van der Waals surface area (Å²) in [5, 5.41) is 18.2. The van der Waals surface area contributed by atoms with Gasteiger partial charge in [-0.05, 0) is 80.0 Å². The van der Waals surface area contributed by atoms with Crippen LogP contribution in [0.3, 0.4) is 0 Å². The molecule has 2 atom stereocenters. The Morgan fingerprint density at radius 2 is 1.93 bits per heavy atom. The van der Waals surface area contributed by atoms with Crippen LogP contribution in [0.5, 0.6) is 0 Å². The highest BCUT2D eigenvalue weighted by Crippen LogP contribution is 2.55. The van der Waals surface area contributed by atoms with Crippen LogP contribution in [-0.4, -0.2) is 38.2 Å². The number of nitrogens with zero attached hydrogens (tertiary/aromatic N) is 2. The number of hydrogen-bond acceptors (Lipinski definition) is 4. The maximum Gasteiger partial charge on any atom is 0.251 e. The first-order valence-electron chi connectivity index (χ1n) is 11.1. The van der Waals surface area contributed by atoms with E-state index in [1.807, 2.05) is 13.0 Å². The van der Waals surface area contributed by atoms with E-state index in [0.29, 0.717) is 41.0 Å². The van der Waals surface area contributed by atoms with Gasteiger partial charge in [0.05, 0.1) is 5.60 Å². The number of amides is 1. The number of aliphatic hydroxyl groups is 1. The maximum absolute atomic E-state index is 13.2. The largest absolute Gasteiger partial charge is 0.390 e. The molecule has 2 unspecified atom stereocenters. The Morgan fingerprint density at radius 3 is 2.53 bits per heavy atom. The van der Waals surface area contributed by atoms with Crippen LogP contribution < -0.4 is 5.32 Å². The Labute approximate surface area is 176 Å². The van der Waals surface area contributed by atoms with Gasteiger partial charge in [0.25, 0.3) is 5.91 Å². The number of benzene rings is 1. The zero-order valence-electron chi connectivity index (χ0n) is 17.6. The van der Waals surface area contributed by atoms with Crippen LogP contribution >= 0.6 is 0 Å². The molecule has 4 aliphatic carbocycles. The summed E-state index contributed by atoms with van der Waals surface area (Å²) in [6.07, 6.45) is 7.07. The standard InChI is InChI=1S/C24H29N3O3/c1-3-15-10-16(22(28)20-6-7-25-27(20)2)4-5-19(15)23(29)26-21-17-8-14-9-18(21)13-24(30,11-14)12-17/h4-7,10,14,17-18,21,30H,3,8-9,11-13H2,1-2H3,(H,26,29). The van der Waals surface area contributed by atoms with Crippen molar-refractivity contribution < 1.29 is 14.7 Å². The Bertz CT molecular complexity index is 995. The first-order valence-corrected chi connectivity index (χ1v) is 11.1. The van der Waals surface area contributed by atoms with Crippen molar-refractivity contribution in [3.05, 3.63) is 52.8 Å². The number of carbonyl (C=O) groups excluding carboxylic acids is 2.